The summed E-state index contributed by atoms with van der Waals surface area (Å²) in [6, 6.07) is 0.263. The number of aromatic nitrogens is 2. The second kappa shape index (κ2) is 6.45. The summed E-state index contributed by atoms with van der Waals surface area (Å²) in [6.07, 6.45) is 1.54. The minimum atomic E-state index is 0.134. The van der Waals surface area contributed by atoms with Crippen molar-refractivity contribution in [2.75, 3.05) is 57.2 Å². The first-order valence-electron chi connectivity index (χ1n) is 7.48. The van der Waals surface area contributed by atoms with E-state index in [1.807, 2.05) is 16.8 Å². The van der Waals surface area contributed by atoms with Crippen molar-refractivity contribution in [3.8, 4) is 0 Å². The molecule has 8 nitrogen and oxygen atoms in total. The molecule has 1 fully saturated rings. The molecule has 120 valence electrons. The third-order valence-electron chi connectivity index (χ3n) is 4.10. The molecule has 1 amide bonds. The lowest BCUT2D eigenvalue weighted by Gasteiger charge is -2.37. The van der Waals surface area contributed by atoms with Gasteiger partial charge in [0.15, 0.2) is 0 Å². The van der Waals surface area contributed by atoms with Crippen LogP contribution in [-0.2, 0) is 16.1 Å². The second-order valence-electron chi connectivity index (χ2n) is 5.63. The molecule has 0 spiro atoms. The first kappa shape index (κ1) is 15.0. The molecule has 0 saturated carbocycles. The maximum Gasteiger partial charge on any atom is 0.242 e. The van der Waals surface area contributed by atoms with Gasteiger partial charge in [0.2, 0.25) is 5.91 Å². The largest absolute Gasteiger partial charge is 0.383 e. The van der Waals surface area contributed by atoms with Gasteiger partial charge in [-0.3, -0.25) is 4.79 Å². The molecule has 8 heteroatoms. The van der Waals surface area contributed by atoms with Gasteiger partial charge >= 0.3 is 0 Å². The predicted molar refractivity (Wildman–Crippen MR) is 82.9 cm³/mol. The Balaban J connectivity index is 1.88. The van der Waals surface area contributed by atoms with Crippen LogP contribution < -0.4 is 15.5 Å². The molecule has 1 saturated heterocycles. The summed E-state index contributed by atoms with van der Waals surface area (Å²) in [5.74, 6) is 1.73. The molecule has 0 radical (unpaired) electrons. The van der Waals surface area contributed by atoms with E-state index in [4.69, 9.17) is 4.74 Å². The highest BCUT2D eigenvalue weighted by Crippen LogP contribution is 2.28. The van der Waals surface area contributed by atoms with Gasteiger partial charge in [-0.15, -0.1) is 0 Å². The number of hydrogen-bond donors (Lipinski definition) is 2. The van der Waals surface area contributed by atoms with Gasteiger partial charge in [-0.2, -0.15) is 0 Å². The van der Waals surface area contributed by atoms with Crippen molar-refractivity contribution in [3.63, 3.8) is 0 Å². The highest BCUT2D eigenvalue weighted by atomic mass is 16.5. The normalized spacial score (nSPS) is 18.7. The number of methoxy groups -OCH3 is 1. The molecule has 1 aromatic heterocycles. The van der Waals surface area contributed by atoms with E-state index < -0.39 is 0 Å². The molecule has 2 N–H and O–H groups in total. The number of ether oxygens (including phenoxy) is 1. The summed E-state index contributed by atoms with van der Waals surface area (Å²) in [4.78, 5) is 25.0. The molecule has 0 aliphatic carbocycles. The Labute approximate surface area is 129 Å². The number of amides is 1. The Kier molecular flexibility index (Phi) is 4.39. The standard InChI is InChI=1S/C14H22N6O2/c1-19-8-12(21)20(10-5-15-6-10)7-11-13(16-3-4-22-2)17-9-18-14(11)19/h9-10,15H,3-8H2,1-2H3,(H,16,17,18). The summed E-state index contributed by atoms with van der Waals surface area (Å²) >= 11 is 0. The van der Waals surface area contributed by atoms with E-state index in [0.29, 0.717) is 26.2 Å². The van der Waals surface area contributed by atoms with Crippen molar-refractivity contribution in [2.45, 2.75) is 12.6 Å². The Morgan fingerprint density at radius 2 is 2.23 bits per heavy atom. The van der Waals surface area contributed by atoms with Crippen molar-refractivity contribution in [3.05, 3.63) is 11.9 Å². The topological polar surface area (TPSA) is 82.6 Å². The lowest BCUT2D eigenvalue weighted by molar-refractivity contribution is -0.133. The van der Waals surface area contributed by atoms with Gasteiger partial charge in [0.1, 0.15) is 18.0 Å². The van der Waals surface area contributed by atoms with Crippen LogP contribution in [0, 0.1) is 0 Å². The van der Waals surface area contributed by atoms with E-state index >= 15 is 0 Å². The number of carbonyl (C=O) groups excluding carboxylic acids is 1. The maximum atomic E-state index is 12.5. The fourth-order valence-corrected chi connectivity index (χ4v) is 2.76. The number of hydrogen-bond acceptors (Lipinski definition) is 7. The third kappa shape index (κ3) is 2.84. The molecular weight excluding hydrogens is 284 g/mol. The van der Waals surface area contributed by atoms with E-state index in [9.17, 15) is 4.79 Å². The van der Waals surface area contributed by atoms with Crippen LogP contribution in [0.15, 0.2) is 6.33 Å². The van der Waals surface area contributed by atoms with Gasteiger partial charge in [0, 0.05) is 33.8 Å². The van der Waals surface area contributed by atoms with Gasteiger partial charge in [-0.1, -0.05) is 0 Å². The number of carbonyl (C=O) groups is 1. The zero-order valence-electron chi connectivity index (χ0n) is 13.0. The minimum absolute atomic E-state index is 0.134. The van der Waals surface area contributed by atoms with Gasteiger partial charge < -0.3 is 25.2 Å². The van der Waals surface area contributed by atoms with Crippen LogP contribution in [0.3, 0.4) is 0 Å². The van der Waals surface area contributed by atoms with Gasteiger partial charge in [0.05, 0.1) is 31.3 Å². The number of rotatable bonds is 5. The number of nitrogens with zero attached hydrogens (tertiary/aromatic N) is 4. The smallest absolute Gasteiger partial charge is 0.242 e. The molecular formula is C14H22N6O2. The number of fused-ring (bicyclic) bond motifs is 1. The second-order valence-corrected chi connectivity index (χ2v) is 5.63. The Hall–Kier alpha value is -1.93. The van der Waals surface area contributed by atoms with Crippen molar-refractivity contribution in [2.24, 2.45) is 0 Å². The van der Waals surface area contributed by atoms with Crippen LogP contribution in [0.25, 0.3) is 0 Å². The average Bonchev–Trinajstić information content (AvgIpc) is 2.57. The number of anilines is 2. The highest BCUT2D eigenvalue weighted by molar-refractivity contribution is 5.84. The summed E-state index contributed by atoms with van der Waals surface area (Å²) in [7, 11) is 3.56. The minimum Gasteiger partial charge on any atom is -0.383 e. The summed E-state index contributed by atoms with van der Waals surface area (Å²) < 4.78 is 5.07. The third-order valence-corrected chi connectivity index (χ3v) is 4.10. The molecule has 22 heavy (non-hydrogen) atoms. The zero-order valence-corrected chi connectivity index (χ0v) is 13.0. The average molecular weight is 306 g/mol. The Morgan fingerprint density at radius 1 is 1.41 bits per heavy atom. The molecule has 0 bridgehead atoms. The lowest BCUT2D eigenvalue weighted by Crippen LogP contribution is -2.59. The van der Waals surface area contributed by atoms with Crippen molar-refractivity contribution >= 4 is 17.5 Å². The molecule has 1 aromatic rings. The quantitative estimate of drug-likeness (QED) is 0.695. The molecule has 3 rings (SSSR count). The van der Waals surface area contributed by atoms with Crippen LogP contribution >= 0.6 is 0 Å². The van der Waals surface area contributed by atoms with Crippen molar-refractivity contribution < 1.29 is 9.53 Å². The molecule has 3 heterocycles. The predicted octanol–water partition coefficient (Wildman–Crippen LogP) is -0.715. The van der Waals surface area contributed by atoms with E-state index in [0.717, 1.165) is 30.3 Å². The summed E-state index contributed by atoms with van der Waals surface area (Å²) in [5.41, 5.74) is 0.971. The van der Waals surface area contributed by atoms with Crippen LogP contribution in [0.2, 0.25) is 0 Å². The van der Waals surface area contributed by atoms with Gasteiger partial charge in [-0.05, 0) is 0 Å². The molecule has 0 aromatic carbocycles. The van der Waals surface area contributed by atoms with E-state index in [-0.39, 0.29) is 11.9 Å². The molecule has 2 aliphatic rings. The van der Waals surface area contributed by atoms with E-state index in [1.54, 1.807) is 7.11 Å². The first-order valence-corrected chi connectivity index (χ1v) is 7.48. The van der Waals surface area contributed by atoms with Crippen LogP contribution in [0.4, 0.5) is 11.6 Å². The maximum absolute atomic E-state index is 12.5. The molecule has 0 atom stereocenters. The van der Waals surface area contributed by atoms with Crippen molar-refractivity contribution in [1.82, 2.24) is 20.2 Å². The fourth-order valence-electron chi connectivity index (χ4n) is 2.76. The summed E-state index contributed by atoms with van der Waals surface area (Å²) in [5, 5.41) is 6.50. The summed E-state index contributed by atoms with van der Waals surface area (Å²) in [6.45, 7) is 3.86. The Morgan fingerprint density at radius 3 is 2.91 bits per heavy atom. The Bertz CT molecular complexity index is 548. The van der Waals surface area contributed by atoms with Crippen LogP contribution in [0.1, 0.15) is 5.56 Å². The number of likely N-dealkylation sites (N-methyl/N-ethyl adjacent to an activating group) is 1. The van der Waals surface area contributed by atoms with E-state index in [2.05, 4.69) is 20.6 Å². The fraction of sp³-hybridized carbons (Fsp3) is 0.643. The van der Waals surface area contributed by atoms with Crippen LogP contribution in [0.5, 0.6) is 0 Å². The molecule has 2 aliphatic heterocycles. The van der Waals surface area contributed by atoms with Gasteiger partial charge in [0.25, 0.3) is 0 Å². The van der Waals surface area contributed by atoms with E-state index in [1.165, 1.54) is 6.33 Å². The lowest BCUT2D eigenvalue weighted by atomic mass is 10.1. The number of nitrogens with one attached hydrogen (secondary N) is 2. The SMILES string of the molecule is COCCNc1ncnc2c1CN(C1CNC1)C(=O)CN2C. The molecule has 0 unspecified atom stereocenters. The van der Waals surface area contributed by atoms with Crippen LogP contribution in [-0.4, -0.2) is 73.8 Å². The zero-order chi connectivity index (χ0) is 15.5. The van der Waals surface area contributed by atoms with Crippen molar-refractivity contribution in [1.29, 1.82) is 0 Å². The van der Waals surface area contributed by atoms with Gasteiger partial charge in [-0.25, -0.2) is 9.97 Å². The monoisotopic (exact) mass is 306 g/mol. The first-order chi connectivity index (χ1) is 10.7. The highest BCUT2D eigenvalue weighted by Gasteiger charge is 2.33.